The average Bonchev–Trinajstić information content (AvgIpc) is 3.47. The van der Waals surface area contributed by atoms with E-state index in [2.05, 4.69) is 63.2 Å². The van der Waals surface area contributed by atoms with Crippen molar-refractivity contribution in [1.82, 2.24) is 15.0 Å². The van der Waals surface area contributed by atoms with Crippen LogP contribution in [-0.4, -0.2) is 25.8 Å². The van der Waals surface area contributed by atoms with E-state index in [1.165, 1.54) is 59.4 Å². The van der Waals surface area contributed by atoms with Crippen molar-refractivity contribution < 1.29 is 30.0 Å². The summed E-state index contributed by atoms with van der Waals surface area (Å²) in [6.45, 7) is 16.9. The largest absolute Gasteiger partial charge is 0.512 e. The third-order valence-corrected chi connectivity index (χ3v) is 11.5. The van der Waals surface area contributed by atoms with E-state index >= 15 is 0 Å². The summed E-state index contributed by atoms with van der Waals surface area (Å²) in [6.07, 6.45) is 13.3. The first-order valence-electron chi connectivity index (χ1n) is 18.4. The molecule has 0 bridgehead atoms. The fourth-order valence-corrected chi connectivity index (χ4v) is 8.42. The van der Waals surface area contributed by atoms with Crippen molar-refractivity contribution in [2.45, 2.75) is 125 Å². The Labute approximate surface area is 316 Å². The zero-order valence-corrected chi connectivity index (χ0v) is 34.4. The van der Waals surface area contributed by atoms with E-state index in [9.17, 15) is 9.90 Å². The molecule has 0 atom stereocenters. The predicted molar refractivity (Wildman–Crippen MR) is 208 cm³/mol. The van der Waals surface area contributed by atoms with Gasteiger partial charge in [0.15, 0.2) is 5.78 Å². The second-order valence-corrected chi connectivity index (χ2v) is 15.8. The molecule has 50 heavy (non-hydrogen) atoms. The molecule has 5 nitrogen and oxygen atoms in total. The third kappa shape index (κ3) is 8.89. The van der Waals surface area contributed by atoms with Gasteiger partial charge in [0.2, 0.25) is 0 Å². The molecule has 2 aromatic carbocycles. The van der Waals surface area contributed by atoms with Gasteiger partial charge < -0.3 is 5.11 Å². The molecule has 1 aliphatic rings. The number of aliphatic hydroxyl groups is 1. The normalized spacial score (nSPS) is 14.3. The molecule has 1 saturated carbocycles. The Balaban J connectivity index is 0.000000301. The average molecular weight is 869 g/mol. The summed E-state index contributed by atoms with van der Waals surface area (Å²) >= 11 is 1.82. The molecule has 7 heteroatoms. The van der Waals surface area contributed by atoms with Crippen LogP contribution in [0.15, 0.2) is 54.6 Å². The Hall–Kier alpha value is -2.99. The van der Waals surface area contributed by atoms with Gasteiger partial charge in [-0.05, 0) is 68.4 Å². The standard InChI is InChI=1S/C30H30N3S.C13H24O2.Ir/c1-18-10-11-21-14-22(15-24(26(21)33-18)30(2,3)4)27-29-28(32-17-31-27)23-13-12-20(16-25(23)34-29)19-8-6-5-7-9-19;1-5-10(6-2)12(14)9-13(15)11(7-3)8-4;/h10-13,15-17,19H,5-9H2,1-4H3;9-11,14H,5-8H2,1-4H3;/q-1;;/b;12-9-;. The van der Waals surface area contributed by atoms with E-state index in [4.69, 9.17) is 15.0 Å². The van der Waals surface area contributed by atoms with Crippen molar-refractivity contribution in [3.8, 4) is 11.3 Å². The zero-order chi connectivity index (χ0) is 35.3. The van der Waals surface area contributed by atoms with Gasteiger partial charge in [0.25, 0.3) is 0 Å². The number of aromatic nitrogens is 3. The topological polar surface area (TPSA) is 76.0 Å². The van der Waals surface area contributed by atoms with E-state index in [0.29, 0.717) is 5.92 Å². The van der Waals surface area contributed by atoms with Gasteiger partial charge in [-0.15, -0.1) is 29.5 Å². The molecule has 1 radical (unpaired) electrons. The van der Waals surface area contributed by atoms with Gasteiger partial charge in [0.05, 0.1) is 11.3 Å². The number of hydrogen-bond donors (Lipinski definition) is 1. The van der Waals surface area contributed by atoms with Crippen molar-refractivity contribution in [1.29, 1.82) is 0 Å². The SMILES string of the molecule is CCC(CC)C(=O)/C=C(\O)C(CC)CC.Cc1ccc2[c-]c(-c3ncnc4c3sc3cc(C5CCCCC5)ccc34)cc(C(C)(C)C)c2n1.[Ir]. The molecule has 0 saturated heterocycles. The van der Waals surface area contributed by atoms with Gasteiger partial charge >= 0.3 is 0 Å². The maximum Gasteiger partial charge on any atom is 0.162 e. The molecule has 1 N–H and O–H groups in total. The quantitative estimate of drug-likeness (QED) is 0.0907. The van der Waals surface area contributed by atoms with Crippen LogP contribution >= 0.6 is 11.3 Å². The minimum atomic E-state index is -0.0376. The van der Waals surface area contributed by atoms with Crippen LogP contribution in [-0.2, 0) is 30.3 Å². The number of nitrogens with zero attached hydrogens (tertiary/aromatic N) is 3. The van der Waals surface area contributed by atoms with Crippen molar-refractivity contribution >= 4 is 48.3 Å². The molecule has 269 valence electrons. The molecule has 0 aliphatic heterocycles. The fraction of sp³-hybridized carbons (Fsp3) is 0.488. The number of hydrogen-bond acceptors (Lipinski definition) is 6. The monoisotopic (exact) mass is 869 g/mol. The Morgan fingerprint density at radius 2 is 1.62 bits per heavy atom. The first kappa shape index (κ1) is 39.8. The van der Waals surface area contributed by atoms with Crippen LogP contribution in [0.1, 0.15) is 129 Å². The van der Waals surface area contributed by atoms with E-state index < -0.39 is 0 Å². The van der Waals surface area contributed by atoms with Crippen LogP contribution in [0.25, 0.3) is 42.5 Å². The Bertz CT molecular complexity index is 1940. The van der Waals surface area contributed by atoms with Crippen LogP contribution in [0.4, 0.5) is 0 Å². The number of aryl methyl sites for hydroxylation is 1. The summed E-state index contributed by atoms with van der Waals surface area (Å²) in [4.78, 5) is 26.1. The molecule has 6 rings (SSSR count). The molecular weight excluding hydrogens is 815 g/mol. The van der Waals surface area contributed by atoms with E-state index in [-0.39, 0.29) is 48.9 Å². The van der Waals surface area contributed by atoms with Crippen LogP contribution in [0.2, 0.25) is 0 Å². The molecule has 5 aromatic rings. The Morgan fingerprint density at radius 1 is 0.940 bits per heavy atom. The number of fused-ring (bicyclic) bond motifs is 4. The number of carbonyl (C=O) groups is 1. The number of allylic oxidation sites excluding steroid dienone is 2. The Kier molecular flexibility index (Phi) is 13.9. The van der Waals surface area contributed by atoms with Gasteiger partial charge in [0.1, 0.15) is 6.33 Å². The molecule has 3 heterocycles. The molecule has 1 aliphatic carbocycles. The van der Waals surface area contributed by atoms with Crippen LogP contribution < -0.4 is 0 Å². The third-order valence-electron chi connectivity index (χ3n) is 10.3. The van der Waals surface area contributed by atoms with Crippen LogP contribution in [0, 0.1) is 24.8 Å². The summed E-state index contributed by atoms with van der Waals surface area (Å²) in [5.74, 6) is 1.25. The first-order valence-corrected chi connectivity index (χ1v) is 19.3. The van der Waals surface area contributed by atoms with Crippen molar-refractivity contribution in [3.05, 3.63) is 77.4 Å². The number of aliphatic hydroxyl groups excluding tert-OH is 1. The predicted octanol–water partition coefficient (Wildman–Crippen LogP) is 12.4. The minimum Gasteiger partial charge on any atom is -0.512 e. The van der Waals surface area contributed by atoms with Crippen molar-refractivity contribution in [3.63, 3.8) is 0 Å². The van der Waals surface area contributed by atoms with Gasteiger partial charge in [-0.1, -0.05) is 102 Å². The maximum atomic E-state index is 11.7. The van der Waals surface area contributed by atoms with Crippen molar-refractivity contribution in [2.24, 2.45) is 11.8 Å². The Morgan fingerprint density at radius 3 is 2.26 bits per heavy atom. The molecular formula is C43H54IrN3O2S-. The minimum absolute atomic E-state index is 0. The van der Waals surface area contributed by atoms with Crippen LogP contribution in [0.5, 0.6) is 0 Å². The summed E-state index contributed by atoms with van der Waals surface area (Å²) in [6, 6.07) is 17.1. The van der Waals surface area contributed by atoms with Gasteiger partial charge in [-0.25, -0.2) is 4.98 Å². The second kappa shape index (κ2) is 17.5. The number of ketones is 1. The van der Waals surface area contributed by atoms with Gasteiger partial charge in [-0.2, -0.15) is 0 Å². The molecule has 0 amide bonds. The number of pyridine rings is 1. The zero-order valence-electron chi connectivity index (χ0n) is 31.2. The molecule has 0 spiro atoms. The smallest absolute Gasteiger partial charge is 0.162 e. The van der Waals surface area contributed by atoms with Crippen molar-refractivity contribution in [2.75, 3.05) is 0 Å². The second-order valence-electron chi connectivity index (χ2n) is 14.8. The molecule has 3 aromatic heterocycles. The first-order chi connectivity index (χ1) is 23.5. The fourth-order valence-electron chi connectivity index (χ4n) is 7.21. The summed E-state index contributed by atoms with van der Waals surface area (Å²) in [7, 11) is 0. The van der Waals surface area contributed by atoms with Crippen LogP contribution in [0.3, 0.4) is 0 Å². The summed E-state index contributed by atoms with van der Waals surface area (Å²) < 4.78 is 2.46. The number of rotatable bonds is 9. The van der Waals surface area contributed by atoms with Gasteiger partial charge in [-0.3, -0.25) is 14.8 Å². The number of benzene rings is 2. The van der Waals surface area contributed by atoms with E-state index in [0.717, 1.165) is 63.8 Å². The molecule has 0 unspecified atom stereocenters. The number of carbonyl (C=O) groups excluding carboxylic acids is 1. The summed E-state index contributed by atoms with van der Waals surface area (Å²) in [5, 5.41) is 12.0. The van der Waals surface area contributed by atoms with E-state index in [1.807, 2.05) is 46.0 Å². The maximum absolute atomic E-state index is 11.7. The number of thiophene rings is 1. The molecule has 1 fully saturated rings. The van der Waals surface area contributed by atoms with E-state index in [1.54, 1.807) is 6.33 Å². The van der Waals surface area contributed by atoms with Gasteiger partial charge in [0, 0.05) is 69.7 Å². The summed E-state index contributed by atoms with van der Waals surface area (Å²) in [5.41, 5.74) is 7.79.